The Morgan fingerprint density at radius 2 is 1.33 bits per heavy atom. The van der Waals surface area contributed by atoms with Crippen molar-refractivity contribution in [3.8, 4) is 5.75 Å². The maximum atomic E-state index is 5.82. The number of benzene rings is 2. The van der Waals surface area contributed by atoms with E-state index >= 15 is 0 Å². The van der Waals surface area contributed by atoms with Gasteiger partial charge >= 0.3 is 0 Å². The first-order valence-corrected chi connectivity index (χ1v) is 9.76. The SMILES string of the molecule is CCOC(CC)Oc1ccc(C=CC=Cc2ccc(C(C)(C)C)cc2)cc1. The van der Waals surface area contributed by atoms with Crippen LogP contribution < -0.4 is 4.74 Å². The van der Waals surface area contributed by atoms with Gasteiger partial charge in [-0.2, -0.15) is 0 Å². The molecule has 0 aliphatic carbocycles. The Bertz CT molecular complexity index is 731. The number of allylic oxidation sites excluding steroid dienone is 2. The lowest BCUT2D eigenvalue weighted by Crippen LogP contribution is -2.19. The number of hydrogen-bond donors (Lipinski definition) is 0. The van der Waals surface area contributed by atoms with Gasteiger partial charge in [-0.05, 0) is 41.2 Å². The third-order valence-electron chi connectivity index (χ3n) is 4.30. The van der Waals surface area contributed by atoms with Crippen LogP contribution in [0.15, 0.2) is 60.7 Å². The van der Waals surface area contributed by atoms with Gasteiger partial charge in [0.1, 0.15) is 5.75 Å². The van der Waals surface area contributed by atoms with Crippen molar-refractivity contribution in [1.29, 1.82) is 0 Å². The molecule has 2 rings (SSSR count). The molecule has 144 valence electrons. The van der Waals surface area contributed by atoms with E-state index in [-0.39, 0.29) is 11.7 Å². The van der Waals surface area contributed by atoms with Gasteiger partial charge in [0.15, 0.2) is 6.29 Å². The van der Waals surface area contributed by atoms with Gasteiger partial charge in [0.25, 0.3) is 0 Å². The Morgan fingerprint density at radius 1 is 0.815 bits per heavy atom. The van der Waals surface area contributed by atoms with Gasteiger partial charge in [-0.15, -0.1) is 0 Å². The third-order valence-corrected chi connectivity index (χ3v) is 4.30. The molecular formula is C25H32O2. The van der Waals surface area contributed by atoms with Crippen LogP contribution in [0.25, 0.3) is 12.2 Å². The zero-order valence-corrected chi connectivity index (χ0v) is 17.2. The van der Waals surface area contributed by atoms with Crippen LogP contribution in [0, 0.1) is 0 Å². The molecule has 0 aliphatic rings. The van der Waals surface area contributed by atoms with Crippen LogP contribution in [0.5, 0.6) is 5.75 Å². The predicted octanol–water partition coefficient (Wildman–Crippen LogP) is 6.86. The van der Waals surface area contributed by atoms with Crippen molar-refractivity contribution in [2.45, 2.75) is 52.7 Å². The minimum absolute atomic E-state index is 0.177. The van der Waals surface area contributed by atoms with Crippen LogP contribution in [0.1, 0.15) is 57.7 Å². The highest BCUT2D eigenvalue weighted by Gasteiger charge is 2.12. The van der Waals surface area contributed by atoms with Crippen molar-refractivity contribution in [2.24, 2.45) is 0 Å². The molecule has 2 aromatic carbocycles. The van der Waals surface area contributed by atoms with Gasteiger partial charge in [0.05, 0.1) is 0 Å². The van der Waals surface area contributed by atoms with Gasteiger partial charge in [-0.25, -0.2) is 0 Å². The van der Waals surface area contributed by atoms with E-state index in [2.05, 4.69) is 88.4 Å². The third kappa shape index (κ3) is 7.07. The smallest absolute Gasteiger partial charge is 0.199 e. The van der Waals surface area contributed by atoms with E-state index in [1.54, 1.807) is 0 Å². The van der Waals surface area contributed by atoms with Crippen molar-refractivity contribution in [2.75, 3.05) is 6.61 Å². The molecule has 0 radical (unpaired) electrons. The molecule has 0 aliphatic heterocycles. The maximum absolute atomic E-state index is 5.82. The Kier molecular flexibility index (Phi) is 7.87. The molecular weight excluding hydrogens is 332 g/mol. The second-order valence-electron chi connectivity index (χ2n) is 7.57. The summed E-state index contributed by atoms with van der Waals surface area (Å²) in [6.07, 6.45) is 8.99. The van der Waals surface area contributed by atoms with Gasteiger partial charge in [-0.1, -0.05) is 88.4 Å². The number of ether oxygens (including phenoxy) is 2. The molecule has 1 atom stereocenters. The molecule has 2 aromatic rings. The second kappa shape index (κ2) is 10.1. The first-order valence-electron chi connectivity index (χ1n) is 9.76. The highest BCUT2D eigenvalue weighted by molar-refractivity contribution is 5.57. The normalized spacial score (nSPS) is 13.4. The monoisotopic (exact) mass is 364 g/mol. The molecule has 0 N–H and O–H groups in total. The average molecular weight is 365 g/mol. The molecule has 0 spiro atoms. The summed E-state index contributed by atoms with van der Waals surface area (Å²) in [6.45, 7) is 11.4. The average Bonchev–Trinajstić information content (AvgIpc) is 2.65. The molecule has 0 fully saturated rings. The topological polar surface area (TPSA) is 18.5 Å². The number of hydrogen-bond acceptors (Lipinski definition) is 2. The maximum Gasteiger partial charge on any atom is 0.199 e. The summed E-state index contributed by atoms with van der Waals surface area (Å²) in [7, 11) is 0. The lowest BCUT2D eigenvalue weighted by atomic mass is 9.87. The minimum Gasteiger partial charge on any atom is -0.465 e. The largest absolute Gasteiger partial charge is 0.465 e. The summed E-state index contributed by atoms with van der Waals surface area (Å²) in [5, 5.41) is 0. The quantitative estimate of drug-likeness (QED) is 0.376. The van der Waals surface area contributed by atoms with Crippen LogP contribution in [0.4, 0.5) is 0 Å². The minimum atomic E-state index is -0.177. The summed E-state index contributed by atoms with van der Waals surface area (Å²) < 4.78 is 11.3. The number of rotatable bonds is 8. The van der Waals surface area contributed by atoms with E-state index < -0.39 is 0 Å². The van der Waals surface area contributed by atoms with E-state index in [1.165, 1.54) is 11.1 Å². The Labute approximate surface area is 164 Å². The molecule has 2 heteroatoms. The lowest BCUT2D eigenvalue weighted by Gasteiger charge is -2.18. The summed E-state index contributed by atoms with van der Waals surface area (Å²) >= 11 is 0. The Hall–Kier alpha value is -2.32. The molecule has 0 saturated carbocycles. The standard InChI is InChI=1S/C25H32O2/c1-6-24(26-7-2)27-23-18-14-21(15-19-23)11-9-8-10-20-12-16-22(17-13-20)25(3,4)5/h8-19,24H,6-7H2,1-5H3. The first kappa shape index (κ1) is 21.0. The van der Waals surface area contributed by atoms with Crippen LogP contribution in [-0.4, -0.2) is 12.9 Å². The van der Waals surface area contributed by atoms with Crippen LogP contribution >= 0.6 is 0 Å². The Morgan fingerprint density at radius 3 is 1.78 bits per heavy atom. The van der Waals surface area contributed by atoms with E-state index in [0.717, 1.165) is 17.7 Å². The molecule has 0 bridgehead atoms. The Balaban J connectivity index is 1.91. The van der Waals surface area contributed by atoms with Gasteiger partial charge in [-0.3, -0.25) is 0 Å². The highest BCUT2D eigenvalue weighted by Crippen LogP contribution is 2.22. The van der Waals surface area contributed by atoms with Crippen LogP contribution in [0.3, 0.4) is 0 Å². The highest BCUT2D eigenvalue weighted by atomic mass is 16.7. The molecule has 1 unspecified atom stereocenters. The fraction of sp³-hybridized carbons (Fsp3) is 0.360. The fourth-order valence-corrected chi connectivity index (χ4v) is 2.66. The first-order chi connectivity index (χ1) is 12.9. The fourth-order valence-electron chi connectivity index (χ4n) is 2.66. The van der Waals surface area contributed by atoms with E-state index in [9.17, 15) is 0 Å². The van der Waals surface area contributed by atoms with Gasteiger partial charge < -0.3 is 9.47 Å². The zero-order chi connectivity index (χ0) is 19.7. The van der Waals surface area contributed by atoms with E-state index in [0.29, 0.717) is 6.61 Å². The van der Waals surface area contributed by atoms with Crippen molar-refractivity contribution in [3.63, 3.8) is 0 Å². The summed E-state index contributed by atoms with van der Waals surface area (Å²) in [4.78, 5) is 0. The van der Waals surface area contributed by atoms with Gasteiger partial charge in [0.2, 0.25) is 0 Å². The molecule has 0 heterocycles. The lowest BCUT2D eigenvalue weighted by molar-refractivity contribution is -0.0766. The van der Waals surface area contributed by atoms with Crippen molar-refractivity contribution >= 4 is 12.2 Å². The summed E-state index contributed by atoms with van der Waals surface area (Å²) in [6, 6.07) is 16.8. The van der Waals surface area contributed by atoms with Gasteiger partial charge in [0, 0.05) is 13.0 Å². The van der Waals surface area contributed by atoms with Crippen molar-refractivity contribution in [3.05, 3.63) is 77.4 Å². The van der Waals surface area contributed by atoms with Crippen LogP contribution in [-0.2, 0) is 10.2 Å². The van der Waals surface area contributed by atoms with E-state index in [1.807, 2.05) is 19.1 Å². The molecule has 0 amide bonds. The molecule has 0 aromatic heterocycles. The molecule has 2 nitrogen and oxygen atoms in total. The second-order valence-corrected chi connectivity index (χ2v) is 7.57. The summed E-state index contributed by atoms with van der Waals surface area (Å²) in [5.74, 6) is 0.835. The predicted molar refractivity (Wildman–Crippen MR) is 116 cm³/mol. The summed E-state index contributed by atoms with van der Waals surface area (Å²) in [5.41, 5.74) is 3.89. The van der Waals surface area contributed by atoms with Crippen molar-refractivity contribution < 1.29 is 9.47 Å². The zero-order valence-electron chi connectivity index (χ0n) is 17.2. The molecule has 0 saturated heterocycles. The van der Waals surface area contributed by atoms with Crippen LogP contribution in [0.2, 0.25) is 0 Å². The molecule has 27 heavy (non-hydrogen) atoms. The van der Waals surface area contributed by atoms with Crippen molar-refractivity contribution in [1.82, 2.24) is 0 Å². The van der Waals surface area contributed by atoms with E-state index in [4.69, 9.17) is 9.47 Å².